The van der Waals surface area contributed by atoms with Gasteiger partial charge in [-0.15, -0.1) is 0 Å². The summed E-state index contributed by atoms with van der Waals surface area (Å²) in [5.74, 6) is -4.78. The largest absolute Gasteiger partial charge is 0.480 e. The van der Waals surface area contributed by atoms with E-state index in [4.69, 9.17) is 4.74 Å². The SMILES string of the molecule is CC(=N[C@H](C(=O)O)[C@H](CC(=O)N1C(=O)OC[C@@H]1c1ccccc1)c1ccccc1C(F)(F)F)c1ccccc1NC(=O)c1ccccn1. The minimum atomic E-state index is -4.90. The standard InChI is InChI=1S/C35H29F3N4O6/c1-21(23-13-6-8-16-27(23)41-32(44)28-17-9-10-18-39-28)40-31(33(45)46)25(24-14-5-7-15-26(24)35(36,37)38)19-30(43)42-29(20-48-34(42)47)22-11-3-2-4-12-22/h2-18,25,29,31H,19-20H2,1H3,(H,41,44)(H,45,46)/t25-,29-,31+/m1/s1. The van der Waals surface area contributed by atoms with Crippen LogP contribution < -0.4 is 5.32 Å². The van der Waals surface area contributed by atoms with Crippen LogP contribution in [0.25, 0.3) is 0 Å². The van der Waals surface area contributed by atoms with Crippen LogP contribution in [0.1, 0.15) is 58.0 Å². The van der Waals surface area contributed by atoms with Crippen molar-refractivity contribution in [2.45, 2.75) is 37.5 Å². The Morgan fingerprint density at radius 3 is 2.33 bits per heavy atom. The number of rotatable bonds is 10. The van der Waals surface area contributed by atoms with Gasteiger partial charge in [0.1, 0.15) is 18.3 Å². The van der Waals surface area contributed by atoms with Gasteiger partial charge in [0.15, 0.2) is 6.04 Å². The van der Waals surface area contributed by atoms with E-state index >= 15 is 0 Å². The number of aliphatic imine (C=N–C) groups is 1. The van der Waals surface area contributed by atoms with Gasteiger partial charge in [0.2, 0.25) is 5.91 Å². The van der Waals surface area contributed by atoms with Gasteiger partial charge in [-0.05, 0) is 42.3 Å². The molecule has 13 heteroatoms. The number of imide groups is 1. The molecule has 0 aliphatic carbocycles. The molecule has 2 N–H and O–H groups in total. The number of anilines is 1. The number of halogens is 3. The fourth-order valence-electron chi connectivity index (χ4n) is 5.56. The number of carbonyl (C=O) groups excluding carboxylic acids is 3. The monoisotopic (exact) mass is 658 g/mol. The zero-order chi connectivity index (χ0) is 34.4. The van der Waals surface area contributed by atoms with Crippen molar-refractivity contribution < 1.29 is 42.2 Å². The molecular weight excluding hydrogens is 629 g/mol. The molecule has 3 aromatic carbocycles. The highest BCUT2D eigenvalue weighted by Crippen LogP contribution is 2.40. The molecule has 1 aromatic heterocycles. The van der Waals surface area contributed by atoms with E-state index in [2.05, 4.69) is 15.3 Å². The minimum absolute atomic E-state index is 0.0593. The van der Waals surface area contributed by atoms with E-state index < -0.39 is 65.6 Å². The Hall–Kier alpha value is -5.85. The van der Waals surface area contributed by atoms with Crippen LogP contribution in [-0.2, 0) is 20.5 Å². The van der Waals surface area contributed by atoms with Gasteiger partial charge in [-0.2, -0.15) is 13.2 Å². The number of ether oxygens (including phenoxy) is 1. The lowest BCUT2D eigenvalue weighted by Crippen LogP contribution is -2.38. The Morgan fingerprint density at radius 1 is 0.979 bits per heavy atom. The Kier molecular flexibility index (Phi) is 9.97. The molecule has 0 unspecified atom stereocenters. The van der Waals surface area contributed by atoms with Crippen LogP contribution in [0.2, 0.25) is 0 Å². The maximum Gasteiger partial charge on any atom is 0.417 e. The summed E-state index contributed by atoms with van der Waals surface area (Å²) in [6.45, 7) is 1.26. The number of para-hydroxylation sites is 1. The second-order valence-corrected chi connectivity index (χ2v) is 10.9. The number of aromatic nitrogens is 1. The van der Waals surface area contributed by atoms with Crippen LogP contribution in [0.15, 0.2) is 108 Å². The average molecular weight is 659 g/mol. The number of carboxylic acids is 1. The van der Waals surface area contributed by atoms with E-state index in [1.54, 1.807) is 66.7 Å². The third kappa shape index (κ3) is 7.41. The van der Waals surface area contributed by atoms with Crippen molar-refractivity contribution in [3.05, 3.63) is 131 Å². The fourth-order valence-corrected chi connectivity index (χ4v) is 5.56. The number of hydrogen-bond acceptors (Lipinski definition) is 7. The smallest absolute Gasteiger partial charge is 0.417 e. The molecule has 0 spiro atoms. The van der Waals surface area contributed by atoms with Gasteiger partial charge < -0.3 is 15.2 Å². The molecule has 0 radical (unpaired) electrons. The number of nitrogens with one attached hydrogen (secondary N) is 1. The molecule has 0 saturated carbocycles. The molecule has 5 rings (SSSR count). The van der Waals surface area contributed by atoms with Crippen LogP contribution in [0.5, 0.6) is 0 Å². The van der Waals surface area contributed by atoms with E-state index in [0.717, 1.165) is 23.1 Å². The first kappa shape index (κ1) is 33.5. The summed E-state index contributed by atoms with van der Waals surface area (Å²) in [5, 5.41) is 13.1. The Morgan fingerprint density at radius 2 is 1.65 bits per heavy atom. The van der Waals surface area contributed by atoms with E-state index in [-0.39, 0.29) is 29.3 Å². The lowest BCUT2D eigenvalue weighted by molar-refractivity contribution is -0.142. The molecule has 0 bridgehead atoms. The number of nitrogens with zero attached hydrogens (tertiary/aromatic N) is 3. The second-order valence-electron chi connectivity index (χ2n) is 10.9. The maximum atomic E-state index is 14.3. The number of hydrogen-bond donors (Lipinski definition) is 2. The van der Waals surface area contributed by atoms with E-state index in [1.165, 1.54) is 25.3 Å². The van der Waals surface area contributed by atoms with Crippen molar-refractivity contribution in [2.24, 2.45) is 4.99 Å². The van der Waals surface area contributed by atoms with E-state index in [0.29, 0.717) is 5.56 Å². The molecule has 48 heavy (non-hydrogen) atoms. The minimum Gasteiger partial charge on any atom is -0.480 e. The number of cyclic esters (lactones) is 1. The topological polar surface area (TPSA) is 138 Å². The Labute approximate surface area is 272 Å². The van der Waals surface area contributed by atoms with Crippen LogP contribution in [-0.4, -0.2) is 57.2 Å². The highest BCUT2D eigenvalue weighted by molar-refractivity contribution is 6.10. The number of aliphatic carboxylic acids is 1. The summed E-state index contributed by atoms with van der Waals surface area (Å²) in [6.07, 6.45) is -5.28. The van der Waals surface area contributed by atoms with Crippen LogP contribution in [0.4, 0.5) is 23.7 Å². The molecule has 2 heterocycles. The molecule has 3 atom stereocenters. The van der Waals surface area contributed by atoms with Crippen molar-refractivity contribution in [2.75, 3.05) is 11.9 Å². The molecule has 3 amide bonds. The lowest BCUT2D eigenvalue weighted by Gasteiger charge is -2.27. The predicted octanol–water partition coefficient (Wildman–Crippen LogP) is 6.51. The van der Waals surface area contributed by atoms with Crippen molar-refractivity contribution in [1.29, 1.82) is 0 Å². The number of benzene rings is 3. The predicted molar refractivity (Wildman–Crippen MR) is 168 cm³/mol. The summed E-state index contributed by atoms with van der Waals surface area (Å²) in [7, 11) is 0. The molecule has 246 valence electrons. The van der Waals surface area contributed by atoms with Gasteiger partial charge in [-0.1, -0.05) is 72.8 Å². The number of alkyl halides is 3. The van der Waals surface area contributed by atoms with Crippen molar-refractivity contribution in [3.8, 4) is 0 Å². The van der Waals surface area contributed by atoms with Crippen molar-refractivity contribution in [1.82, 2.24) is 9.88 Å². The Balaban J connectivity index is 1.56. The summed E-state index contributed by atoms with van der Waals surface area (Å²) in [5.41, 5.74) is -0.374. The fraction of sp³-hybridized carbons (Fsp3) is 0.200. The molecule has 10 nitrogen and oxygen atoms in total. The van der Waals surface area contributed by atoms with Gasteiger partial charge in [-0.3, -0.25) is 19.6 Å². The number of amides is 3. The van der Waals surface area contributed by atoms with Gasteiger partial charge in [0, 0.05) is 29.8 Å². The average Bonchev–Trinajstić information content (AvgIpc) is 3.48. The van der Waals surface area contributed by atoms with Gasteiger partial charge in [-0.25, -0.2) is 14.5 Å². The molecule has 1 fully saturated rings. The molecule has 1 aliphatic heterocycles. The van der Waals surface area contributed by atoms with Crippen LogP contribution in [0, 0.1) is 0 Å². The molecule has 1 saturated heterocycles. The number of carbonyl (C=O) groups is 4. The van der Waals surface area contributed by atoms with Crippen LogP contribution in [0.3, 0.4) is 0 Å². The van der Waals surface area contributed by atoms with Gasteiger partial charge in [0.25, 0.3) is 5.91 Å². The van der Waals surface area contributed by atoms with E-state index in [1.807, 2.05) is 0 Å². The normalized spacial score (nSPS) is 16.2. The number of carboxylic acid groups (broad SMARTS) is 1. The third-order valence-electron chi connectivity index (χ3n) is 7.82. The first-order chi connectivity index (χ1) is 23.0. The molecule has 1 aliphatic rings. The molecular formula is C35H29F3N4O6. The molecule has 4 aromatic rings. The van der Waals surface area contributed by atoms with Crippen molar-refractivity contribution in [3.63, 3.8) is 0 Å². The summed E-state index contributed by atoms with van der Waals surface area (Å²) in [6, 6.07) is 21.1. The summed E-state index contributed by atoms with van der Waals surface area (Å²) < 4.78 is 48.0. The zero-order valence-corrected chi connectivity index (χ0v) is 25.4. The summed E-state index contributed by atoms with van der Waals surface area (Å²) in [4.78, 5) is 61.5. The first-order valence-electron chi connectivity index (χ1n) is 14.7. The second kappa shape index (κ2) is 14.3. The van der Waals surface area contributed by atoms with Gasteiger partial charge in [0.05, 0.1) is 11.3 Å². The summed E-state index contributed by atoms with van der Waals surface area (Å²) >= 11 is 0. The van der Waals surface area contributed by atoms with Gasteiger partial charge >= 0.3 is 18.2 Å². The maximum absolute atomic E-state index is 14.3. The Bertz CT molecular complexity index is 1850. The number of pyridine rings is 1. The lowest BCUT2D eigenvalue weighted by atomic mass is 9.84. The first-order valence-corrected chi connectivity index (χ1v) is 14.7. The zero-order valence-electron chi connectivity index (χ0n) is 25.4. The van der Waals surface area contributed by atoms with E-state index in [9.17, 15) is 37.5 Å². The highest BCUT2D eigenvalue weighted by Gasteiger charge is 2.44. The highest BCUT2D eigenvalue weighted by atomic mass is 19.4. The van der Waals surface area contributed by atoms with Crippen LogP contribution >= 0.6 is 0 Å². The quantitative estimate of drug-likeness (QED) is 0.185. The van der Waals surface area contributed by atoms with Crippen molar-refractivity contribution >= 4 is 35.3 Å². The third-order valence-corrected chi connectivity index (χ3v) is 7.82.